The van der Waals surface area contributed by atoms with Gasteiger partial charge in [0.15, 0.2) is 0 Å². The van der Waals surface area contributed by atoms with E-state index in [1.165, 1.54) is 55.7 Å². The smallest absolute Gasteiger partial charge is 0.00268 e. The van der Waals surface area contributed by atoms with Crippen molar-refractivity contribution < 1.29 is 0 Å². The number of hydrogen-bond acceptors (Lipinski definition) is 0. The molecule has 4 rings (SSSR count). The molecule has 220 valence electrons. The molecule has 0 heterocycles. The summed E-state index contributed by atoms with van der Waals surface area (Å²) < 4.78 is 0. The van der Waals surface area contributed by atoms with Crippen LogP contribution in [0.3, 0.4) is 0 Å². The van der Waals surface area contributed by atoms with Crippen LogP contribution in [0.4, 0.5) is 0 Å². The van der Waals surface area contributed by atoms with Gasteiger partial charge >= 0.3 is 0 Å². The van der Waals surface area contributed by atoms with Gasteiger partial charge in [0.05, 0.1) is 0 Å². The third-order valence-electron chi connectivity index (χ3n) is 8.41. The Kier molecular flexibility index (Phi) is 8.54. The maximum atomic E-state index is 2.32. The summed E-state index contributed by atoms with van der Waals surface area (Å²) >= 11 is 0. The van der Waals surface area contributed by atoms with Crippen molar-refractivity contribution in [2.24, 2.45) is 0 Å². The minimum absolute atomic E-state index is 0.102. The number of benzene rings is 4. The van der Waals surface area contributed by atoms with Crippen molar-refractivity contribution >= 4 is 11.1 Å². The first-order valence-electron chi connectivity index (χ1n) is 15.5. The second-order valence-corrected chi connectivity index (χ2v) is 16.1. The molecule has 4 aromatic rings. The molecule has 0 aliphatic heterocycles. The molecular weight excluding hydrogens is 504 g/mol. The van der Waals surface area contributed by atoms with Gasteiger partial charge < -0.3 is 0 Å². The summed E-state index contributed by atoms with van der Waals surface area (Å²) in [5, 5.41) is 0. The van der Waals surface area contributed by atoms with Crippen LogP contribution >= 0.6 is 0 Å². The normalized spacial score (nSPS) is 12.8. The zero-order chi connectivity index (χ0) is 31.1. The molecule has 42 heavy (non-hydrogen) atoms. The molecule has 0 aliphatic carbocycles. The summed E-state index contributed by atoms with van der Waals surface area (Å²) in [5.41, 5.74) is 13.3. The fourth-order valence-corrected chi connectivity index (χ4v) is 5.46. The van der Waals surface area contributed by atoms with Crippen molar-refractivity contribution in [2.45, 2.75) is 105 Å². The lowest BCUT2D eigenvalue weighted by Gasteiger charge is -2.24. The van der Waals surface area contributed by atoms with Gasteiger partial charge in [0.1, 0.15) is 0 Å². The molecule has 0 saturated heterocycles. The minimum atomic E-state index is 0.102. The van der Waals surface area contributed by atoms with Crippen molar-refractivity contribution in [3.63, 3.8) is 0 Å². The third-order valence-corrected chi connectivity index (χ3v) is 8.41. The summed E-state index contributed by atoms with van der Waals surface area (Å²) in [6.45, 7) is 27.4. The second-order valence-electron chi connectivity index (χ2n) is 16.1. The molecular formula is C42H52. The first kappa shape index (κ1) is 31.6. The molecule has 0 saturated carbocycles. The average molecular weight is 557 g/mol. The zero-order valence-electron chi connectivity index (χ0n) is 28.2. The van der Waals surface area contributed by atoms with Gasteiger partial charge in [-0.15, -0.1) is 0 Å². The molecule has 0 bridgehead atoms. The number of hydrogen-bond donors (Lipinski definition) is 0. The van der Waals surface area contributed by atoms with Gasteiger partial charge in [-0.05, 0) is 77.3 Å². The van der Waals surface area contributed by atoms with Gasteiger partial charge in [-0.2, -0.15) is 0 Å². The molecule has 0 amide bonds. The number of rotatable bonds is 4. The Morgan fingerprint density at radius 2 is 0.405 bits per heavy atom. The largest absolute Gasteiger partial charge is 0.0579 e. The van der Waals surface area contributed by atoms with E-state index in [0.29, 0.717) is 0 Å². The average Bonchev–Trinajstić information content (AvgIpc) is 2.90. The quantitative estimate of drug-likeness (QED) is 0.219. The maximum absolute atomic E-state index is 2.32. The molecule has 0 aromatic heterocycles. The van der Waals surface area contributed by atoms with E-state index in [-0.39, 0.29) is 21.7 Å². The van der Waals surface area contributed by atoms with Crippen molar-refractivity contribution in [3.8, 4) is 0 Å². The Labute approximate surface area is 256 Å². The van der Waals surface area contributed by atoms with Gasteiger partial charge in [-0.3, -0.25) is 0 Å². The van der Waals surface area contributed by atoms with E-state index in [4.69, 9.17) is 0 Å². The van der Waals surface area contributed by atoms with Crippen LogP contribution in [0.1, 0.15) is 128 Å². The van der Waals surface area contributed by atoms with Gasteiger partial charge in [0, 0.05) is 0 Å². The van der Waals surface area contributed by atoms with Gasteiger partial charge in [0.25, 0.3) is 0 Å². The summed E-state index contributed by atoms with van der Waals surface area (Å²) in [5.74, 6) is 0. The van der Waals surface area contributed by atoms with Gasteiger partial charge in [-0.1, -0.05) is 180 Å². The lowest BCUT2D eigenvalue weighted by atomic mass is 9.80. The lowest BCUT2D eigenvalue weighted by molar-refractivity contribution is 0.590. The van der Waals surface area contributed by atoms with Crippen LogP contribution in [0.5, 0.6) is 0 Å². The molecule has 0 heteroatoms. The highest BCUT2D eigenvalue weighted by Crippen LogP contribution is 2.39. The fourth-order valence-electron chi connectivity index (χ4n) is 5.46. The first-order valence-corrected chi connectivity index (χ1v) is 15.5. The van der Waals surface area contributed by atoms with Crippen LogP contribution in [-0.2, 0) is 21.7 Å². The molecule has 0 spiro atoms. The molecule has 0 aliphatic rings. The molecule has 0 radical (unpaired) electrons. The Morgan fingerprint density at radius 3 is 0.524 bits per heavy atom. The fraction of sp³-hybridized carbons (Fsp3) is 0.381. The maximum Gasteiger partial charge on any atom is -0.00268 e. The molecule has 0 fully saturated rings. The molecule has 4 aromatic carbocycles. The standard InChI is InChI=1S/C42H52/c1-39(2,3)33-21-13-29(14-22-33)37(30-15-23-34(24-16-30)40(4,5)6)38(31-17-25-35(26-18-31)41(7,8)9)32-19-27-36(28-20-32)42(10,11)12/h13-28H,1-12H3. The van der Waals surface area contributed by atoms with Crippen LogP contribution in [0.2, 0.25) is 0 Å². The van der Waals surface area contributed by atoms with Crippen molar-refractivity contribution in [1.82, 2.24) is 0 Å². The molecule has 0 atom stereocenters. The lowest BCUT2D eigenvalue weighted by Crippen LogP contribution is -2.12. The Balaban J connectivity index is 2.06. The summed E-state index contributed by atoms with van der Waals surface area (Å²) in [6.07, 6.45) is 0. The predicted molar refractivity (Wildman–Crippen MR) is 186 cm³/mol. The van der Waals surface area contributed by atoms with E-state index < -0.39 is 0 Å². The highest BCUT2D eigenvalue weighted by molar-refractivity contribution is 6.04. The van der Waals surface area contributed by atoms with Crippen molar-refractivity contribution in [2.75, 3.05) is 0 Å². The third kappa shape index (κ3) is 7.15. The highest BCUT2D eigenvalue weighted by Gasteiger charge is 2.22. The zero-order valence-corrected chi connectivity index (χ0v) is 28.2. The van der Waals surface area contributed by atoms with Crippen LogP contribution in [0, 0.1) is 0 Å². The minimum Gasteiger partial charge on any atom is -0.0579 e. The van der Waals surface area contributed by atoms with E-state index in [0.717, 1.165) is 0 Å². The van der Waals surface area contributed by atoms with E-state index in [2.05, 4.69) is 180 Å². The van der Waals surface area contributed by atoms with Crippen molar-refractivity contribution in [1.29, 1.82) is 0 Å². The first-order chi connectivity index (χ1) is 19.4. The monoisotopic (exact) mass is 556 g/mol. The second kappa shape index (κ2) is 11.4. The van der Waals surface area contributed by atoms with E-state index in [9.17, 15) is 0 Å². The molecule has 0 N–H and O–H groups in total. The predicted octanol–water partition coefficient (Wildman–Crippen LogP) is 11.9. The Morgan fingerprint density at radius 1 is 0.262 bits per heavy atom. The Bertz CT molecular complexity index is 1270. The highest BCUT2D eigenvalue weighted by atomic mass is 14.3. The molecule has 0 nitrogen and oxygen atoms in total. The van der Waals surface area contributed by atoms with Gasteiger partial charge in [-0.25, -0.2) is 0 Å². The van der Waals surface area contributed by atoms with Crippen molar-refractivity contribution in [3.05, 3.63) is 142 Å². The SMILES string of the molecule is CC(C)(C)c1ccc(C(=C(c2ccc(C(C)(C)C)cc2)c2ccc(C(C)(C)C)cc2)c2ccc(C(C)(C)C)cc2)cc1. The summed E-state index contributed by atoms with van der Waals surface area (Å²) in [6, 6.07) is 37.0. The van der Waals surface area contributed by atoms with E-state index in [1.54, 1.807) is 0 Å². The topological polar surface area (TPSA) is 0 Å². The summed E-state index contributed by atoms with van der Waals surface area (Å²) in [4.78, 5) is 0. The van der Waals surface area contributed by atoms with E-state index >= 15 is 0 Å². The van der Waals surface area contributed by atoms with E-state index in [1.807, 2.05) is 0 Å². The van der Waals surface area contributed by atoms with Crippen LogP contribution < -0.4 is 0 Å². The van der Waals surface area contributed by atoms with Crippen LogP contribution in [-0.4, -0.2) is 0 Å². The van der Waals surface area contributed by atoms with Crippen LogP contribution in [0.25, 0.3) is 11.1 Å². The van der Waals surface area contributed by atoms with Crippen LogP contribution in [0.15, 0.2) is 97.1 Å². The molecule has 0 unspecified atom stereocenters. The summed E-state index contributed by atoms with van der Waals surface area (Å²) in [7, 11) is 0. The van der Waals surface area contributed by atoms with Gasteiger partial charge in [0.2, 0.25) is 0 Å². The Hall–Kier alpha value is -3.38.